The summed E-state index contributed by atoms with van der Waals surface area (Å²) in [5.41, 5.74) is 0. The van der Waals surface area contributed by atoms with Crippen molar-refractivity contribution in [2.75, 3.05) is 19.6 Å². The summed E-state index contributed by atoms with van der Waals surface area (Å²) >= 11 is 0. The largest absolute Gasteiger partial charge is 0.303 e. The Morgan fingerprint density at radius 1 is 0.857 bits per heavy atom. The van der Waals surface area contributed by atoms with Crippen molar-refractivity contribution < 1.29 is 0 Å². The highest BCUT2D eigenvalue weighted by Crippen LogP contribution is 2.10. The van der Waals surface area contributed by atoms with Gasteiger partial charge < -0.3 is 4.90 Å². The molecule has 1 heterocycles. The lowest BCUT2D eigenvalue weighted by molar-refractivity contribution is 0.244. The molecule has 1 heteroatoms. The zero-order chi connectivity index (χ0) is 10.6. The summed E-state index contributed by atoms with van der Waals surface area (Å²) in [4.78, 5) is 2.66. The van der Waals surface area contributed by atoms with Gasteiger partial charge in [0.15, 0.2) is 0 Å². The van der Waals surface area contributed by atoms with Crippen LogP contribution < -0.4 is 0 Å². The van der Waals surface area contributed by atoms with Gasteiger partial charge in [0.1, 0.15) is 0 Å². The molecule has 0 aromatic heterocycles. The molecule has 86 valence electrons. The maximum Gasteiger partial charge on any atom is -0.00187 e. The summed E-state index contributed by atoms with van der Waals surface area (Å²) in [6.07, 6.45) is 10.00. The normalized spacial score (nSPS) is 19.1. The van der Waals surface area contributed by atoms with Crippen LogP contribution in [0, 0.1) is 0 Å². The fraction of sp³-hybridized carbons (Fsp3) is 1.00. The Balaban J connectivity index is 0.000000791. The average Bonchev–Trinajstić information content (AvgIpc) is 2.19. The molecule has 1 aliphatic rings. The van der Waals surface area contributed by atoms with Gasteiger partial charge in [-0.3, -0.25) is 0 Å². The average molecular weight is 199 g/mol. The number of hydrogen-bond acceptors (Lipinski definition) is 1. The van der Waals surface area contributed by atoms with Gasteiger partial charge >= 0.3 is 0 Å². The lowest BCUT2D eigenvalue weighted by Crippen LogP contribution is -2.28. The Morgan fingerprint density at radius 2 is 1.36 bits per heavy atom. The Labute approximate surface area is 90.9 Å². The van der Waals surface area contributed by atoms with Crippen molar-refractivity contribution in [2.24, 2.45) is 0 Å². The molecule has 14 heavy (non-hydrogen) atoms. The van der Waals surface area contributed by atoms with E-state index in [9.17, 15) is 0 Å². The minimum Gasteiger partial charge on any atom is -0.303 e. The van der Waals surface area contributed by atoms with Crippen molar-refractivity contribution in [3.63, 3.8) is 0 Å². The topological polar surface area (TPSA) is 3.24 Å². The van der Waals surface area contributed by atoms with Crippen LogP contribution in [0.1, 0.15) is 65.7 Å². The SMILES string of the molecule is CC.CCCCN1CCCCCCC1. The van der Waals surface area contributed by atoms with Crippen LogP contribution in [0.4, 0.5) is 0 Å². The van der Waals surface area contributed by atoms with Gasteiger partial charge in [-0.25, -0.2) is 0 Å². The Bertz CT molecular complexity index is 90.7. The summed E-state index contributed by atoms with van der Waals surface area (Å²) in [7, 11) is 0. The Kier molecular flexibility index (Phi) is 11.0. The molecule has 0 unspecified atom stereocenters. The fourth-order valence-electron chi connectivity index (χ4n) is 1.92. The zero-order valence-corrected chi connectivity index (χ0v) is 10.5. The third-order valence-corrected chi connectivity index (χ3v) is 2.78. The molecule has 0 radical (unpaired) electrons. The van der Waals surface area contributed by atoms with E-state index < -0.39 is 0 Å². The molecule has 0 amide bonds. The molecule has 1 nitrogen and oxygen atoms in total. The molecule has 1 aliphatic heterocycles. The summed E-state index contributed by atoms with van der Waals surface area (Å²) in [5, 5.41) is 0. The predicted octanol–water partition coefficient (Wildman–Crippen LogP) is 4.08. The second-order valence-electron chi connectivity index (χ2n) is 3.96. The van der Waals surface area contributed by atoms with E-state index in [0.717, 1.165) is 0 Å². The van der Waals surface area contributed by atoms with Crippen LogP contribution in [0.2, 0.25) is 0 Å². The second-order valence-corrected chi connectivity index (χ2v) is 3.96. The molecule has 0 aliphatic carbocycles. The van der Waals surface area contributed by atoms with E-state index in [4.69, 9.17) is 0 Å². The van der Waals surface area contributed by atoms with Gasteiger partial charge in [0.05, 0.1) is 0 Å². The molecule has 0 spiro atoms. The fourth-order valence-corrected chi connectivity index (χ4v) is 1.92. The van der Waals surface area contributed by atoms with Crippen molar-refractivity contribution >= 4 is 0 Å². The molecule has 1 saturated heterocycles. The summed E-state index contributed by atoms with van der Waals surface area (Å²) < 4.78 is 0. The van der Waals surface area contributed by atoms with Gasteiger partial charge in [-0.2, -0.15) is 0 Å². The van der Waals surface area contributed by atoms with Gasteiger partial charge in [0.2, 0.25) is 0 Å². The first-order chi connectivity index (χ1) is 6.93. The van der Waals surface area contributed by atoms with Gasteiger partial charge in [-0.1, -0.05) is 46.5 Å². The van der Waals surface area contributed by atoms with E-state index in [0.29, 0.717) is 0 Å². The first kappa shape index (κ1) is 14.0. The maximum atomic E-state index is 2.66. The second kappa shape index (κ2) is 11.0. The van der Waals surface area contributed by atoms with E-state index >= 15 is 0 Å². The van der Waals surface area contributed by atoms with Gasteiger partial charge in [0, 0.05) is 0 Å². The molecule has 0 saturated carbocycles. The van der Waals surface area contributed by atoms with E-state index in [1.807, 2.05) is 13.8 Å². The first-order valence-electron chi connectivity index (χ1n) is 6.66. The van der Waals surface area contributed by atoms with E-state index in [-0.39, 0.29) is 0 Å². The van der Waals surface area contributed by atoms with Crippen molar-refractivity contribution in [2.45, 2.75) is 65.7 Å². The van der Waals surface area contributed by atoms with Crippen molar-refractivity contribution in [3.05, 3.63) is 0 Å². The van der Waals surface area contributed by atoms with Crippen LogP contribution in [0.15, 0.2) is 0 Å². The van der Waals surface area contributed by atoms with Crippen molar-refractivity contribution in [3.8, 4) is 0 Å². The summed E-state index contributed by atoms with van der Waals surface area (Å²) in [5.74, 6) is 0. The molecule has 1 fully saturated rings. The predicted molar refractivity (Wildman–Crippen MR) is 65.8 cm³/mol. The molecule has 0 aromatic carbocycles. The molecular weight excluding hydrogens is 170 g/mol. The van der Waals surface area contributed by atoms with Gasteiger partial charge in [-0.05, 0) is 38.9 Å². The maximum absolute atomic E-state index is 2.66. The molecule has 1 rings (SSSR count). The van der Waals surface area contributed by atoms with Crippen LogP contribution in [0.3, 0.4) is 0 Å². The number of hydrogen-bond donors (Lipinski definition) is 0. The minimum atomic E-state index is 1.34. The highest BCUT2D eigenvalue weighted by Gasteiger charge is 2.06. The van der Waals surface area contributed by atoms with E-state index in [1.54, 1.807) is 0 Å². The Hall–Kier alpha value is -0.0400. The third-order valence-electron chi connectivity index (χ3n) is 2.78. The monoisotopic (exact) mass is 199 g/mol. The minimum absolute atomic E-state index is 1.34. The molecule has 0 atom stereocenters. The first-order valence-corrected chi connectivity index (χ1v) is 6.66. The number of likely N-dealkylation sites (tertiary alicyclic amines) is 1. The smallest absolute Gasteiger partial charge is 0.00187 e. The van der Waals surface area contributed by atoms with Crippen LogP contribution >= 0.6 is 0 Å². The van der Waals surface area contributed by atoms with Gasteiger partial charge in [-0.15, -0.1) is 0 Å². The number of nitrogens with zero attached hydrogens (tertiary/aromatic N) is 1. The molecule has 0 aromatic rings. The number of unbranched alkanes of at least 4 members (excludes halogenated alkanes) is 1. The zero-order valence-electron chi connectivity index (χ0n) is 10.5. The highest BCUT2D eigenvalue weighted by atomic mass is 15.1. The molecular formula is C13H29N. The number of rotatable bonds is 3. The van der Waals surface area contributed by atoms with Gasteiger partial charge in [0.25, 0.3) is 0 Å². The molecule has 0 N–H and O–H groups in total. The van der Waals surface area contributed by atoms with Crippen LogP contribution in [-0.4, -0.2) is 24.5 Å². The standard InChI is InChI=1S/C11H23N.C2H6/c1-2-3-9-12-10-7-5-4-6-8-11-12;1-2/h2-11H2,1H3;1-2H3. The third kappa shape index (κ3) is 7.37. The highest BCUT2D eigenvalue weighted by molar-refractivity contribution is 4.61. The van der Waals surface area contributed by atoms with Crippen LogP contribution in [0.25, 0.3) is 0 Å². The lowest BCUT2D eigenvalue weighted by Gasteiger charge is -2.23. The van der Waals surface area contributed by atoms with E-state index in [2.05, 4.69) is 11.8 Å². The summed E-state index contributed by atoms with van der Waals surface area (Å²) in [6, 6.07) is 0. The quantitative estimate of drug-likeness (QED) is 0.662. The van der Waals surface area contributed by atoms with Crippen LogP contribution in [-0.2, 0) is 0 Å². The lowest BCUT2D eigenvalue weighted by atomic mass is 10.1. The van der Waals surface area contributed by atoms with Crippen molar-refractivity contribution in [1.82, 2.24) is 4.90 Å². The van der Waals surface area contributed by atoms with Crippen molar-refractivity contribution in [1.29, 1.82) is 0 Å². The van der Waals surface area contributed by atoms with E-state index in [1.165, 1.54) is 64.6 Å². The summed E-state index contributed by atoms with van der Waals surface area (Å²) in [6.45, 7) is 10.3. The Morgan fingerprint density at radius 3 is 1.86 bits per heavy atom. The molecule has 0 bridgehead atoms. The van der Waals surface area contributed by atoms with Crippen LogP contribution in [0.5, 0.6) is 0 Å².